The van der Waals surface area contributed by atoms with Crippen molar-refractivity contribution in [2.45, 2.75) is 25.3 Å². The van der Waals surface area contributed by atoms with E-state index in [1.165, 1.54) is 14.2 Å². The molecule has 0 unspecified atom stereocenters. The van der Waals surface area contributed by atoms with E-state index in [1.54, 1.807) is 12.1 Å². The van der Waals surface area contributed by atoms with Crippen LogP contribution in [0, 0.1) is 5.92 Å². The van der Waals surface area contributed by atoms with Crippen LogP contribution in [-0.2, 0) is 4.79 Å². The van der Waals surface area contributed by atoms with Crippen LogP contribution in [0.2, 0.25) is 0 Å². The molecule has 1 aromatic rings. The number of carboxylic acids is 1. The third kappa shape index (κ3) is 3.35. The van der Waals surface area contributed by atoms with Gasteiger partial charge in [-0.05, 0) is 40.9 Å². The predicted octanol–water partition coefficient (Wildman–Crippen LogP) is 2.45. The van der Waals surface area contributed by atoms with E-state index in [-0.39, 0.29) is 11.9 Å². The summed E-state index contributed by atoms with van der Waals surface area (Å²) in [6, 6.07) is 2.84. The Hall–Kier alpha value is -1.76. The SMILES string of the molecule is COc1cc(C(=O)N[C@@H]2CCC[C@@H]2C(=O)O)cc(OC)c1Br. The molecule has 1 aliphatic carbocycles. The lowest BCUT2D eigenvalue weighted by molar-refractivity contribution is -0.142. The predicted molar refractivity (Wildman–Crippen MR) is 83.5 cm³/mol. The zero-order chi connectivity index (χ0) is 16.3. The van der Waals surface area contributed by atoms with Gasteiger partial charge in [0.05, 0.1) is 20.1 Å². The Morgan fingerprint density at radius 2 is 1.82 bits per heavy atom. The molecule has 0 aliphatic heterocycles. The number of aliphatic carboxylic acids is 1. The van der Waals surface area contributed by atoms with Crippen LogP contribution in [0.15, 0.2) is 16.6 Å². The van der Waals surface area contributed by atoms with Crippen molar-refractivity contribution in [3.05, 3.63) is 22.2 Å². The molecule has 2 atom stereocenters. The average Bonchev–Trinajstić information content (AvgIpc) is 2.95. The fourth-order valence-corrected chi connectivity index (χ4v) is 3.23. The van der Waals surface area contributed by atoms with Crippen molar-refractivity contribution >= 4 is 27.8 Å². The molecule has 0 heterocycles. The number of carbonyl (C=O) groups excluding carboxylic acids is 1. The summed E-state index contributed by atoms with van der Waals surface area (Å²) in [5, 5.41) is 12.0. The van der Waals surface area contributed by atoms with Crippen LogP contribution in [-0.4, -0.2) is 37.2 Å². The van der Waals surface area contributed by atoms with Crippen molar-refractivity contribution in [3.63, 3.8) is 0 Å². The summed E-state index contributed by atoms with van der Waals surface area (Å²) in [6.45, 7) is 0. The van der Waals surface area contributed by atoms with Crippen molar-refractivity contribution in [3.8, 4) is 11.5 Å². The van der Waals surface area contributed by atoms with E-state index in [2.05, 4.69) is 21.2 Å². The molecule has 2 N–H and O–H groups in total. The summed E-state index contributed by atoms with van der Waals surface area (Å²) in [6.07, 6.45) is 2.07. The molecule has 1 aliphatic rings. The maximum Gasteiger partial charge on any atom is 0.308 e. The molecule has 0 aromatic heterocycles. The largest absolute Gasteiger partial charge is 0.495 e. The summed E-state index contributed by atoms with van der Waals surface area (Å²) in [4.78, 5) is 23.6. The van der Waals surface area contributed by atoms with Gasteiger partial charge in [0.25, 0.3) is 5.91 Å². The number of hydrogen-bond donors (Lipinski definition) is 2. The smallest absolute Gasteiger partial charge is 0.308 e. The van der Waals surface area contributed by atoms with E-state index in [0.717, 1.165) is 6.42 Å². The minimum atomic E-state index is -0.867. The number of carbonyl (C=O) groups is 2. The average molecular weight is 372 g/mol. The molecule has 120 valence electrons. The molecule has 2 rings (SSSR count). The highest BCUT2D eigenvalue weighted by Crippen LogP contribution is 2.36. The van der Waals surface area contributed by atoms with Gasteiger partial charge in [0.1, 0.15) is 16.0 Å². The van der Waals surface area contributed by atoms with Gasteiger partial charge in [-0.3, -0.25) is 9.59 Å². The lowest BCUT2D eigenvalue weighted by Gasteiger charge is -2.18. The summed E-state index contributed by atoms with van der Waals surface area (Å²) < 4.78 is 11.0. The highest BCUT2D eigenvalue weighted by molar-refractivity contribution is 9.10. The third-order valence-corrected chi connectivity index (χ3v) is 4.64. The number of ether oxygens (including phenoxy) is 2. The Bertz CT molecular complexity index is 564. The number of carboxylic acid groups (broad SMARTS) is 1. The zero-order valence-corrected chi connectivity index (χ0v) is 14.0. The summed E-state index contributed by atoms with van der Waals surface area (Å²) in [5.41, 5.74) is 0.368. The van der Waals surface area contributed by atoms with E-state index < -0.39 is 11.9 Å². The molecule has 1 amide bonds. The lowest BCUT2D eigenvalue weighted by Crippen LogP contribution is -2.40. The van der Waals surface area contributed by atoms with Crippen LogP contribution in [0.4, 0.5) is 0 Å². The van der Waals surface area contributed by atoms with E-state index in [4.69, 9.17) is 9.47 Å². The normalized spacial score (nSPS) is 20.5. The van der Waals surface area contributed by atoms with Gasteiger partial charge in [0.15, 0.2) is 0 Å². The molecule has 6 nitrogen and oxygen atoms in total. The molecule has 0 bridgehead atoms. The molecule has 7 heteroatoms. The topological polar surface area (TPSA) is 84.9 Å². The van der Waals surface area contributed by atoms with Crippen molar-refractivity contribution in [2.24, 2.45) is 5.92 Å². The second-order valence-corrected chi connectivity index (χ2v) is 5.94. The van der Waals surface area contributed by atoms with Crippen molar-refractivity contribution in [1.29, 1.82) is 0 Å². The van der Waals surface area contributed by atoms with Crippen LogP contribution in [0.1, 0.15) is 29.6 Å². The summed E-state index contributed by atoms with van der Waals surface area (Å²) >= 11 is 3.34. The molecule has 22 heavy (non-hydrogen) atoms. The van der Waals surface area contributed by atoms with Gasteiger partial charge in [0.2, 0.25) is 0 Å². The van der Waals surface area contributed by atoms with Gasteiger partial charge in [-0.15, -0.1) is 0 Å². The number of hydrogen-bond acceptors (Lipinski definition) is 4. The van der Waals surface area contributed by atoms with Gasteiger partial charge in [-0.1, -0.05) is 6.42 Å². The van der Waals surface area contributed by atoms with Crippen LogP contribution in [0.25, 0.3) is 0 Å². The number of amides is 1. The first-order valence-electron chi connectivity index (χ1n) is 6.93. The monoisotopic (exact) mass is 371 g/mol. The molecular formula is C15H18BrNO5. The van der Waals surface area contributed by atoms with Gasteiger partial charge in [0, 0.05) is 11.6 Å². The zero-order valence-electron chi connectivity index (χ0n) is 12.4. The van der Waals surface area contributed by atoms with Crippen LogP contribution in [0.5, 0.6) is 11.5 Å². The molecule has 0 saturated heterocycles. The standard InChI is InChI=1S/C15H18BrNO5/c1-21-11-6-8(7-12(22-2)13(11)16)14(18)17-10-5-3-4-9(10)15(19)20/h6-7,9-10H,3-5H2,1-2H3,(H,17,18)(H,19,20)/t9-,10+/m0/s1. The first-order chi connectivity index (χ1) is 10.5. The Balaban J connectivity index is 2.21. The Kier molecular flexibility index (Phi) is 5.28. The van der Waals surface area contributed by atoms with Crippen LogP contribution in [0.3, 0.4) is 0 Å². The maximum absolute atomic E-state index is 12.4. The molecule has 1 saturated carbocycles. The van der Waals surface area contributed by atoms with Crippen molar-refractivity contribution < 1.29 is 24.2 Å². The molecule has 1 aromatic carbocycles. The Morgan fingerprint density at radius 1 is 1.23 bits per heavy atom. The maximum atomic E-state index is 12.4. The van der Waals surface area contributed by atoms with E-state index >= 15 is 0 Å². The minimum Gasteiger partial charge on any atom is -0.495 e. The number of rotatable bonds is 5. The fraction of sp³-hybridized carbons (Fsp3) is 0.467. The number of benzene rings is 1. The second kappa shape index (κ2) is 7.00. The first-order valence-corrected chi connectivity index (χ1v) is 7.72. The van der Waals surface area contributed by atoms with E-state index in [0.29, 0.717) is 34.4 Å². The number of nitrogens with one attached hydrogen (secondary N) is 1. The Labute approximate surface area is 136 Å². The molecule has 0 radical (unpaired) electrons. The van der Waals surface area contributed by atoms with Crippen molar-refractivity contribution in [2.75, 3.05) is 14.2 Å². The molecule has 0 spiro atoms. The second-order valence-electron chi connectivity index (χ2n) is 5.15. The van der Waals surface area contributed by atoms with E-state index in [9.17, 15) is 14.7 Å². The van der Waals surface area contributed by atoms with E-state index in [1.807, 2.05) is 0 Å². The number of methoxy groups -OCH3 is 2. The molecular weight excluding hydrogens is 354 g/mol. The quantitative estimate of drug-likeness (QED) is 0.830. The summed E-state index contributed by atoms with van der Waals surface area (Å²) in [5.74, 6) is -0.768. The first kappa shape index (κ1) is 16.6. The van der Waals surface area contributed by atoms with Gasteiger partial charge in [-0.25, -0.2) is 0 Å². The van der Waals surface area contributed by atoms with Gasteiger partial charge in [-0.2, -0.15) is 0 Å². The number of halogens is 1. The third-order valence-electron chi connectivity index (χ3n) is 3.86. The van der Waals surface area contributed by atoms with Gasteiger partial charge >= 0.3 is 5.97 Å². The van der Waals surface area contributed by atoms with Crippen LogP contribution < -0.4 is 14.8 Å². The minimum absolute atomic E-state index is 0.331. The highest BCUT2D eigenvalue weighted by atomic mass is 79.9. The Morgan fingerprint density at radius 3 is 2.32 bits per heavy atom. The van der Waals surface area contributed by atoms with Crippen LogP contribution >= 0.6 is 15.9 Å². The van der Waals surface area contributed by atoms with Crippen molar-refractivity contribution in [1.82, 2.24) is 5.32 Å². The fourth-order valence-electron chi connectivity index (χ4n) is 2.68. The van der Waals surface area contributed by atoms with Gasteiger partial charge < -0.3 is 19.9 Å². The lowest BCUT2D eigenvalue weighted by atomic mass is 10.0. The summed E-state index contributed by atoms with van der Waals surface area (Å²) in [7, 11) is 3.00. The molecule has 1 fully saturated rings. The highest BCUT2D eigenvalue weighted by Gasteiger charge is 2.34.